The van der Waals surface area contributed by atoms with E-state index in [1.54, 1.807) is 6.92 Å². The molecule has 0 aliphatic heterocycles. The lowest BCUT2D eigenvalue weighted by Gasteiger charge is -2.05. The average molecular weight is 442 g/mol. The molecule has 3 aromatic rings. The summed E-state index contributed by atoms with van der Waals surface area (Å²) in [6, 6.07) is 9.58. The topological polar surface area (TPSA) is 134 Å². The van der Waals surface area contributed by atoms with Crippen molar-refractivity contribution >= 4 is 34.1 Å². The molecule has 162 valence electrons. The number of nitrogens with zero attached hydrogens (tertiary/aromatic N) is 1. The molecule has 2 aromatic heterocycles. The number of unbranched alkanes of at least 4 members (excludes halogenated alkanes) is 1. The first-order valence-corrected chi connectivity index (χ1v) is 10.6. The maximum absolute atomic E-state index is 12.0. The second-order valence-corrected chi connectivity index (χ2v) is 7.68. The van der Waals surface area contributed by atoms with Gasteiger partial charge in [0, 0.05) is 29.5 Å². The van der Waals surface area contributed by atoms with Gasteiger partial charge in [-0.15, -0.1) is 11.3 Å². The molecule has 31 heavy (non-hydrogen) atoms. The van der Waals surface area contributed by atoms with E-state index >= 15 is 0 Å². The number of Topliss-reactive ketones (excluding diaryl/α,β-unsaturated/α-hetero) is 1. The molecule has 0 spiro atoms. The molecular formula is C21H22N4O5S. The summed E-state index contributed by atoms with van der Waals surface area (Å²) >= 11 is 1.29. The SMILES string of the molecule is Cc1[nH]c(=O)[nH]c1C(=O)CCCCC(=O)OCC(=O)Nc1nc(-c2ccccc2)cs1. The van der Waals surface area contributed by atoms with Crippen LogP contribution in [0.25, 0.3) is 11.3 Å². The van der Waals surface area contributed by atoms with Crippen molar-refractivity contribution in [2.45, 2.75) is 32.6 Å². The van der Waals surface area contributed by atoms with Crippen LogP contribution in [0.2, 0.25) is 0 Å². The van der Waals surface area contributed by atoms with Gasteiger partial charge in [0.1, 0.15) is 5.69 Å². The van der Waals surface area contributed by atoms with Gasteiger partial charge < -0.3 is 14.7 Å². The number of carbonyl (C=O) groups excluding carboxylic acids is 3. The Labute approximate surface area is 181 Å². The molecule has 0 fully saturated rings. The van der Waals surface area contributed by atoms with Gasteiger partial charge in [-0.25, -0.2) is 9.78 Å². The van der Waals surface area contributed by atoms with Crippen LogP contribution in [-0.2, 0) is 14.3 Å². The molecule has 0 radical (unpaired) electrons. The van der Waals surface area contributed by atoms with Crippen LogP contribution in [0.15, 0.2) is 40.5 Å². The maximum atomic E-state index is 12.0. The number of imidazole rings is 1. The summed E-state index contributed by atoms with van der Waals surface area (Å²) in [5.41, 5.74) is 2.05. The number of amides is 1. The van der Waals surface area contributed by atoms with Crippen molar-refractivity contribution in [1.29, 1.82) is 0 Å². The van der Waals surface area contributed by atoms with E-state index in [1.807, 2.05) is 35.7 Å². The molecule has 0 saturated carbocycles. The number of anilines is 1. The largest absolute Gasteiger partial charge is 0.456 e. The lowest BCUT2D eigenvalue weighted by molar-refractivity contribution is -0.147. The number of carbonyl (C=O) groups is 3. The van der Waals surface area contributed by atoms with Crippen molar-refractivity contribution in [2.75, 3.05) is 11.9 Å². The highest BCUT2D eigenvalue weighted by Gasteiger charge is 2.14. The third kappa shape index (κ3) is 6.48. The fourth-order valence-corrected chi connectivity index (χ4v) is 3.61. The number of esters is 1. The first kappa shape index (κ1) is 22.2. The van der Waals surface area contributed by atoms with Gasteiger partial charge in [-0.05, 0) is 19.8 Å². The molecule has 0 aliphatic rings. The zero-order valence-corrected chi connectivity index (χ0v) is 17.7. The fourth-order valence-electron chi connectivity index (χ4n) is 2.88. The normalized spacial score (nSPS) is 10.6. The number of thiazole rings is 1. The number of hydrogen-bond acceptors (Lipinski definition) is 7. The number of H-pyrrole nitrogens is 2. The van der Waals surface area contributed by atoms with Crippen LogP contribution in [0.1, 0.15) is 41.9 Å². The molecule has 0 atom stereocenters. The van der Waals surface area contributed by atoms with Gasteiger partial charge in [0.25, 0.3) is 5.91 Å². The van der Waals surface area contributed by atoms with Gasteiger partial charge in [-0.2, -0.15) is 0 Å². The van der Waals surface area contributed by atoms with Gasteiger partial charge in [-0.1, -0.05) is 30.3 Å². The highest BCUT2D eigenvalue weighted by Crippen LogP contribution is 2.24. The minimum absolute atomic E-state index is 0.0958. The Morgan fingerprint density at radius 2 is 1.84 bits per heavy atom. The molecule has 0 unspecified atom stereocenters. The van der Waals surface area contributed by atoms with Gasteiger partial charge in [0.15, 0.2) is 17.5 Å². The maximum Gasteiger partial charge on any atom is 0.323 e. The summed E-state index contributed by atoms with van der Waals surface area (Å²) in [7, 11) is 0. The van der Waals surface area contributed by atoms with Crippen LogP contribution in [0.5, 0.6) is 0 Å². The van der Waals surface area contributed by atoms with Crippen LogP contribution >= 0.6 is 11.3 Å². The Morgan fingerprint density at radius 3 is 2.55 bits per heavy atom. The minimum Gasteiger partial charge on any atom is -0.456 e. The third-order valence-corrected chi connectivity index (χ3v) is 5.17. The number of nitrogens with one attached hydrogen (secondary N) is 3. The highest BCUT2D eigenvalue weighted by molar-refractivity contribution is 7.14. The van der Waals surface area contributed by atoms with Crippen molar-refractivity contribution in [1.82, 2.24) is 15.0 Å². The van der Waals surface area contributed by atoms with Crippen LogP contribution in [-0.4, -0.2) is 39.2 Å². The van der Waals surface area contributed by atoms with Gasteiger partial charge in [0.05, 0.1) is 5.69 Å². The Morgan fingerprint density at radius 1 is 1.10 bits per heavy atom. The number of aromatic nitrogens is 3. The molecule has 10 heteroatoms. The van der Waals surface area contributed by atoms with Gasteiger partial charge in [0.2, 0.25) is 0 Å². The minimum atomic E-state index is -0.516. The van der Waals surface area contributed by atoms with Crippen molar-refractivity contribution in [3.8, 4) is 11.3 Å². The molecular weight excluding hydrogens is 420 g/mol. The second-order valence-electron chi connectivity index (χ2n) is 6.82. The van der Waals surface area contributed by atoms with Crippen LogP contribution in [0.4, 0.5) is 5.13 Å². The Kier molecular flexibility index (Phi) is 7.50. The van der Waals surface area contributed by atoms with Crippen molar-refractivity contribution in [3.63, 3.8) is 0 Å². The summed E-state index contributed by atoms with van der Waals surface area (Å²) in [4.78, 5) is 56.3. The molecule has 9 nitrogen and oxygen atoms in total. The summed E-state index contributed by atoms with van der Waals surface area (Å²) in [6.45, 7) is 1.24. The molecule has 0 bridgehead atoms. The first-order valence-electron chi connectivity index (χ1n) is 9.71. The number of benzene rings is 1. The van der Waals surface area contributed by atoms with Gasteiger partial charge in [-0.3, -0.25) is 19.7 Å². The van der Waals surface area contributed by atoms with Crippen molar-refractivity contribution in [3.05, 3.63) is 57.6 Å². The highest BCUT2D eigenvalue weighted by atomic mass is 32.1. The Balaban J connectivity index is 1.34. The lowest BCUT2D eigenvalue weighted by atomic mass is 10.1. The molecule has 0 aliphatic carbocycles. The molecule has 2 heterocycles. The van der Waals surface area contributed by atoms with Crippen LogP contribution in [0.3, 0.4) is 0 Å². The van der Waals surface area contributed by atoms with Crippen molar-refractivity contribution in [2.24, 2.45) is 0 Å². The second kappa shape index (κ2) is 10.5. The summed E-state index contributed by atoms with van der Waals surface area (Å²) in [5, 5.41) is 4.87. The Hall–Kier alpha value is -3.53. The monoisotopic (exact) mass is 442 g/mol. The smallest absolute Gasteiger partial charge is 0.323 e. The number of aryl methyl sites for hydroxylation is 1. The molecule has 0 saturated heterocycles. The van der Waals surface area contributed by atoms with Crippen LogP contribution < -0.4 is 11.0 Å². The van der Waals surface area contributed by atoms with E-state index in [-0.39, 0.29) is 24.3 Å². The average Bonchev–Trinajstić information content (AvgIpc) is 3.36. The van der Waals surface area contributed by atoms with E-state index in [0.29, 0.717) is 23.7 Å². The number of aromatic amines is 2. The standard InChI is InChI=1S/C21H22N4O5S/c1-13-19(25-20(29)22-13)16(26)9-5-6-10-18(28)30-11-17(27)24-21-23-15(12-31-21)14-7-3-2-4-8-14/h2-4,7-8,12H,5-6,9-11H2,1H3,(H2,22,25,29)(H,23,24,27). The van der Waals surface area contributed by atoms with Gasteiger partial charge >= 0.3 is 11.7 Å². The van der Waals surface area contributed by atoms with E-state index < -0.39 is 24.2 Å². The summed E-state index contributed by atoms with van der Waals surface area (Å²) < 4.78 is 4.97. The predicted molar refractivity (Wildman–Crippen MR) is 116 cm³/mol. The number of hydrogen-bond donors (Lipinski definition) is 3. The lowest BCUT2D eigenvalue weighted by Crippen LogP contribution is -2.20. The third-order valence-electron chi connectivity index (χ3n) is 4.41. The molecule has 1 amide bonds. The molecule has 1 aromatic carbocycles. The van der Waals surface area contributed by atoms with Crippen molar-refractivity contribution < 1.29 is 19.1 Å². The van der Waals surface area contributed by atoms with E-state index in [0.717, 1.165) is 11.3 Å². The van der Waals surface area contributed by atoms with E-state index in [4.69, 9.17) is 4.74 Å². The van der Waals surface area contributed by atoms with E-state index in [9.17, 15) is 19.2 Å². The van der Waals surface area contributed by atoms with E-state index in [1.165, 1.54) is 11.3 Å². The molecule has 3 rings (SSSR count). The zero-order chi connectivity index (χ0) is 22.2. The Bertz CT molecular complexity index is 1120. The first-order chi connectivity index (χ1) is 14.9. The van der Waals surface area contributed by atoms with Crippen LogP contribution in [0, 0.1) is 6.92 Å². The summed E-state index contributed by atoms with van der Waals surface area (Å²) in [5.74, 6) is -1.18. The predicted octanol–water partition coefficient (Wildman–Crippen LogP) is 3.06. The zero-order valence-electron chi connectivity index (χ0n) is 16.9. The number of ether oxygens (including phenoxy) is 1. The van der Waals surface area contributed by atoms with E-state index in [2.05, 4.69) is 20.3 Å². The number of ketones is 1. The quantitative estimate of drug-likeness (QED) is 0.251. The molecule has 3 N–H and O–H groups in total. The summed E-state index contributed by atoms with van der Waals surface area (Å²) in [6.07, 6.45) is 1.20. The fraction of sp³-hybridized carbons (Fsp3) is 0.286. The number of rotatable bonds is 10.